The van der Waals surface area contributed by atoms with E-state index in [-0.39, 0.29) is 23.5 Å². The van der Waals surface area contributed by atoms with Crippen LogP contribution in [0, 0.1) is 13.8 Å². The van der Waals surface area contributed by atoms with E-state index in [1.165, 1.54) is 50.4 Å². The van der Waals surface area contributed by atoms with Crippen LogP contribution < -0.4 is 15.5 Å². The van der Waals surface area contributed by atoms with Crippen molar-refractivity contribution in [2.24, 2.45) is 0 Å². The van der Waals surface area contributed by atoms with Gasteiger partial charge in [-0.3, -0.25) is 14.6 Å². The van der Waals surface area contributed by atoms with E-state index in [0.717, 1.165) is 4.90 Å². The molecular formula is C18H16F2N4O3. The fourth-order valence-electron chi connectivity index (χ4n) is 2.79. The first kappa shape index (κ1) is 18.4. The quantitative estimate of drug-likeness (QED) is 0.805. The summed E-state index contributed by atoms with van der Waals surface area (Å²) in [5.74, 6) is -5.88. The Hall–Kier alpha value is -3.36. The topological polar surface area (TPSA) is 91.4 Å². The zero-order valence-electron chi connectivity index (χ0n) is 14.5. The first-order valence-electron chi connectivity index (χ1n) is 8.05. The minimum absolute atomic E-state index is 0.0678. The van der Waals surface area contributed by atoms with Gasteiger partial charge in [0.05, 0.1) is 12.2 Å². The predicted octanol–water partition coefficient (Wildman–Crippen LogP) is 2.49. The number of amides is 4. The highest BCUT2D eigenvalue weighted by molar-refractivity contribution is 6.20. The molecular weight excluding hydrogens is 358 g/mol. The molecule has 3 rings (SSSR count). The van der Waals surface area contributed by atoms with Gasteiger partial charge in [-0.25, -0.2) is 9.69 Å². The number of rotatable bonds is 4. The number of nitrogens with zero attached hydrogens (tertiary/aromatic N) is 2. The minimum Gasteiger partial charge on any atom is -0.328 e. The van der Waals surface area contributed by atoms with Crippen LogP contribution >= 0.6 is 0 Å². The molecule has 2 N–H and O–H groups in total. The maximum Gasteiger partial charge on any atom is 0.366 e. The summed E-state index contributed by atoms with van der Waals surface area (Å²) < 4.78 is 29.1. The number of aromatic nitrogens is 1. The fraction of sp³-hybridized carbons (Fsp3) is 0.222. The van der Waals surface area contributed by atoms with Gasteiger partial charge >= 0.3 is 17.9 Å². The molecule has 140 valence electrons. The first-order chi connectivity index (χ1) is 12.7. The van der Waals surface area contributed by atoms with Gasteiger partial charge < -0.3 is 10.6 Å². The van der Waals surface area contributed by atoms with E-state index < -0.39 is 29.5 Å². The van der Waals surface area contributed by atoms with Crippen molar-refractivity contribution in [1.82, 2.24) is 10.3 Å². The van der Waals surface area contributed by atoms with E-state index in [0.29, 0.717) is 5.56 Å². The van der Waals surface area contributed by atoms with Crippen molar-refractivity contribution in [2.75, 3.05) is 16.8 Å². The summed E-state index contributed by atoms with van der Waals surface area (Å²) in [6.07, 6.45) is 1.19. The van der Waals surface area contributed by atoms with Crippen LogP contribution in [0.4, 0.5) is 25.0 Å². The Balaban J connectivity index is 1.91. The van der Waals surface area contributed by atoms with Crippen LogP contribution in [-0.4, -0.2) is 29.4 Å². The molecule has 9 heteroatoms. The average Bonchev–Trinajstić information content (AvgIpc) is 2.95. The van der Waals surface area contributed by atoms with Crippen molar-refractivity contribution in [2.45, 2.75) is 19.8 Å². The molecule has 2 heterocycles. The highest BCUT2D eigenvalue weighted by Gasteiger charge is 2.44. The lowest BCUT2D eigenvalue weighted by atomic mass is 10.1. The Morgan fingerprint density at radius 2 is 1.96 bits per heavy atom. The van der Waals surface area contributed by atoms with Crippen LogP contribution in [0.2, 0.25) is 0 Å². The second-order valence-corrected chi connectivity index (χ2v) is 6.03. The van der Waals surface area contributed by atoms with E-state index in [4.69, 9.17) is 0 Å². The molecule has 0 bridgehead atoms. The lowest BCUT2D eigenvalue weighted by Crippen LogP contribution is -2.34. The highest BCUT2D eigenvalue weighted by Crippen LogP contribution is 2.33. The number of anilines is 2. The maximum absolute atomic E-state index is 14.6. The largest absolute Gasteiger partial charge is 0.366 e. The third kappa shape index (κ3) is 3.23. The number of nitrogens with one attached hydrogen (secondary N) is 2. The Bertz CT molecular complexity index is 930. The van der Waals surface area contributed by atoms with Crippen LogP contribution in [0.5, 0.6) is 0 Å². The van der Waals surface area contributed by atoms with Gasteiger partial charge in [-0.15, -0.1) is 0 Å². The van der Waals surface area contributed by atoms with Gasteiger partial charge in [0.2, 0.25) is 0 Å². The van der Waals surface area contributed by atoms with Gasteiger partial charge in [-0.2, -0.15) is 8.78 Å². The van der Waals surface area contributed by atoms with Gasteiger partial charge in [0.1, 0.15) is 5.69 Å². The van der Waals surface area contributed by atoms with Crippen molar-refractivity contribution in [3.63, 3.8) is 0 Å². The smallest absolute Gasteiger partial charge is 0.328 e. The summed E-state index contributed by atoms with van der Waals surface area (Å²) in [6.45, 7) is 2.81. The second-order valence-electron chi connectivity index (χ2n) is 6.03. The molecule has 0 spiro atoms. The number of pyridine rings is 1. The summed E-state index contributed by atoms with van der Waals surface area (Å²) in [4.78, 5) is 40.5. The molecule has 1 aliphatic heterocycles. The number of alkyl halides is 2. The number of aryl methyl sites for hydroxylation is 1. The average molecular weight is 374 g/mol. The molecule has 4 amide bonds. The summed E-state index contributed by atoms with van der Waals surface area (Å²) in [7, 11) is 0. The zero-order chi connectivity index (χ0) is 19.8. The normalized spacial score (nSPS) is 14.3. The molecule has 1 fully saturated rings. The molecule has 1 aromatic carbocycles. The van der Waals surface area contributed by atoms with Crippen LogP contribution in [0.25, 0.3) is 0 Å². The van der Waals surface area contributed by atoms with E-state index in [2.05, 4.69) is 15.6 Å². The number of hydrogen-bond donors (Lipinski definition) is 2. The van der Waals surface area contributed by atoms with E-state index >= 15 is 0 Å². The fourth-order valence-corrected chi connectivity index (χ4v) is 2.79. The van der Waals surface area contributed by atoms with Crippen molar-refractivity contribution < 1.29 is 23.2 Å². The second kappa shape index (κ2) is 6.75. The summed E-state index contributed by atoms with van der Waals surface area (Å²) in [5, 5.41) is 4.55. The molecule has 7 nitrogen and oxygen atoms in total. The van der Waals surface area contributed by atoms with Crippen molar-refractivity contribution in [1.29, 1.82) is 0 Å². The number of imide groups is 1. The van der Waals surface area contributed by atoms with Crippen LogP contribution in [0.3, 0.4) is 0 Å². The lowest BCUT2D eigenvalue weighted by Gasteiger charge is -2.20. The monoisotopic (exact) mass is 374 g/mol. The molecule has 27 heavy (non-hydrogen) atoms. The number of urea groups is 1. The Kier molecular flexibility index (Phi) is 4.61. The number of hydrogen-bond acceptors (Lipinski definition) is 4. The summed E-state index contributed by atoms with van der Waals surface area (Å²) in [6, 6.07) is 6.69. The Morgan fingerprint density at radius 1 is 1.22 bits per heavy atom. The maximum atomic E-state index is 14.6. The van der Waals surface area contributed by atoms with E-state index in [1.807, 2.05) is 0 Å². The van der Waals surface area contributed by atoms with Crippen LogP contribution in [-0.2, 0) is 15.5 Å². The number of benzene rings is 1. The van der Waals surface area contributed by atoms with Gasteiger partial charge in [-0.05, 0) is 43.2 Å². The predicted molar refractivity (Wildman–Crippen MR) is 93.6 cm³/mol. The molecule has 2 aromatic rings. The summed E-state index contributed by atoms with van der Waals surface area (Å²) in [5.41, 5.74) is 0.140. The first-order valence-corrected chi connectivity index (χ1v) is 8.05. The molecule has 0 atom stereocenters. The molecule has 0 unspecified atom stereocenters. The van der Waals surface area contributed by atoms with E-state index in [9.17, 15) is 23.2 Å². The number of carbonyl (C=O) groups excluding carboxylic acids is 3. The Labute approximate surface area is 153 Å². The summed E-state index contributed by atoms with van der Waals surface area (Å²) >= 11 is 0. The van der Waals surface area contributed by atoms with Crippen LogP contribution in [0.1, 0.15) is 16.8 Å². The number of halogens is 2. The highest BCUT2D eigenvalue weighted by atomic mass is 19.3. The zero-order valence-corrected chi connectivity index (χ0v) is 14.5. The van der Waals surface area contributed by atoms with Gasteiger partial charge in [0.25, 0.3) is 5.91 Å². The van der Waals surface area contributed by atoms with Crippen LogP contribution in [0.15, 0.2) is 36.5 Å². The van der Waals surface area contributed by atoms with Crippen molar-refractivity contribution in [3.8, 4) is 0 Å². The Morgan fingerprint density at radius 3 is 2.59 bits per heavy atom. The van der Waals surface area contributed by atoms with Crippen molar-refractivity contribution in [3.05, 3.63) is 53.3 Å². The molecule has 1 aliphatic rings. The van der Waals surface area contributed by atoms with E-state index in [1.54, 1.807) is 0 Å². The molecule has 1 saturated heterocycles. The third-order valence-corrected chi connectivity index (χ3v) is 4.23. The molecule has 1 aromatic heterocycles. The lowest BCUT2D eigenvalue weighted by molar-refractivity contribution is -0.141. The van der Waals surface area contributed by atoms with Crippen molar-refractivity contribution >= 4 is 29.2 Å². The molecule has 0 saturated carbocycles. The van der Waals surface area contributed by atoms with Gasteiger partial charge in [-0.1, -0.05) is 12.1 Å². The minimum atomic E-state index is -3.85. The SMILES string of the molecule is Cc1cccnc1C(F)(F)C(=O)Nc1cccc(N2C(=O)CNC2=O)c1C. The molecule has 0 radical (unpaired) electrons. The van der Waals surface area contributed by atoms with Gasteiger partial charge in [0, 0.05) is 11.9 Å². The number of carbonyl (C=O) groups is 3. The van der Waals surface area contributed by atoms with Gasteiger partial charge in [0.15, 0.2) is 0 Å². The molecule has 0 aliphatic carbocycles. The standard InChI is InChI=1S/C18H16F2N4O3/c1-10-5-4-8-21-15(10)18(19,20)16(26)23-12-6-3-7-13(11(12)2)24-14(25)9-22-17(24)27/h3-8H,9H2,1-2H3,(H,22,27)(H,23,26). The third-order valence-electron chi connectivity index (χ3n) is 4.23.